The van der Waals surface area contributed by atoms with Crippen LogP contribution >= 0.6 is 0 Å². The summed E-state index contributed by atoms with van der Waals surface area (Å²) in [4.78, 5) is 12.8. The number of aliphatic hydroxyl groups is 2. The predicted octanol–water partition coefficient (Wildman–Crippen LogP) is 3.18. The molecule has 0 aromatic carbocycles. The summed E-state index contributed by atoms with van der Waals surface area (Å²) < 4.78 is 5.85. The first-order chi connectivity index (χ1) is 12.2. The highest BCUT2D eigenvalue weighted by atomic mass is 16.6. The zero-order valence-corrected chi connectivity index (χ0v) is 16.3. The van der Waals surface area contributed by atoms with E-state index < -0.39 is 17.8 Å². The molecule has 0 aromatic heterocycles. The molecule has 4 nitrogen and oxygen atoms in total. The quantitative estimate of drug-likeness (QED) is 0.599. The second-order valence-corrected chi connectivity index (χ2v) is 9.97. The van der Waals surface area contributed by atoms with Crippen molar-refractivity contribution < 1.29 is 19.7 Å². The number of fused-ring (bicyclic) bond motifs is 2. The maximum absolute atomic E-state index is 12.8. The molecule has 3 aliphatic carbocycles. The first-order valence-corrected chi connectivity index (χ1v) is 10.0. The van der Waals surface area contributed by atoms with E-state index in [1.807, 2.05) is 0 Å². The largest absolute Gasteiger partial charge is 0.392 e. The van der Waals surface area contributed by atoms with Crippen molar-refractivity contribution in [2.45, 2.75) is 77.1 Å². The molecule has 0 aromatic rings. The van der Waals surface area contributed by atoms with Crippen LogP contribution in [0.1, 0.15) is 59.3 Å². The summed E-state index contributed by atoms with van der Waals surface area (Å²) in [5.41, 5.74) is 1.16. The molecule has 1 saturated heterocycles. The topological polar surface area (TPSA) is 70.1 Å². The van der Waals surface area contributed by atoms with E-state index in [-0.39, 0.29) is 23.7 Å². The van der Waals surface area contributed by atoms with Gasteiger partial charge in [-0.05, 0) is 66.4 Å². The molecule has 1 aliphatic heterocycles. The molecule has 4 rings (SSSR count). The minimum Gasteiger partial charge on any atom is -0.392 e. The fourth-order valence-corrected chi connectivity index (χ4v) is 6.64. The first-order valence-electron chi connectivity index (χ1n) is 10.0. The van der Waals surface area contributed by atoms with Gasteiger partial charge >= 0.3 is 0 Å². The van der Waals surface area contributed by atoms with Gasteiger partial charge in [0.15, 0.2) is 11.4 Å². The number of aliphatic hydroxyl groups excluding tert-OH is 2. The average molecular weight is 360 g/mol. The predicted molar refractivity (Wildman–Crippen MR) is 99.5 cm³/mol. The van der Waals surface area contributed by atoms with E-state index in [0.29, 0.717) is 23.3 Å². The summed E-state index contributed by atoms with van der Waals surface area (Å²) in [7, 11) is 0. The van der Waals surface area contributed by atoms with Crippen LogP contribution in [-0.2, 0) is 9.53 Å². The number of epoxide rings is 1. The number of ether oxygens (including phenoxy) is 1. The van der Waals surface area contributed by atoms with Crippen molar-refractivity contribution in [2.75, 3.05) is 6.61 Å². The van der Waals surface area contributed by atoms with Crippen molar-refractivity contribution in [1.29, 1.82) is 0 Å². The van der Waals surface area contributed by atoms with Gasteiger partial charge in [-0.1, -0.05) is 39.3 Å². The molecule has 0 spiro atoms. The highest BCUT2D eigenvalue weighted by molar-refractivity contribution is 6.02. The molecule has 144 valence electrons. The normalized spacial score (nSPS) is 47.0. The van der Waals surface area contributed by atoms with Crippen LogP contribution < -0.4 is 0 Å². The van der Waals surface area contributed by atoms with Crippen LogP contribution in [0.3, 0.4) is 0 Å². The molecular weight excluding hydrogens is 328 g/mol. The monoisotopic (exact) mass is 360 g/mol. The van der Waals surface area contributed by atoms with E-state index in [4.69, 9.17) is 4.74 Å². The molecule has 0 radical (unpaired) electrons. The standard InChI is InChI=1S/C22H32O4/c1-13-6-7-16-20(2,3)8-5-9-21(16,4)15(13)11-22-17(24)10-14(12-23)18(25)19(22)26-22/h10,15-16,18-19,23,25H,1,5-9,11-12H2,2-4H3/t15-,16-,18?,19-,21+,22+/m0/s1. The maximum Gasteiger partial charge on any atom is 0.190 e. The van der Waals surface area contributed by atoms with E-state index in [1.165, 1.54) is 37.3 Å². The summed E-state index contributed by atoms with van der Waals surface area (Å²) in [6.07, 6.45) is 6.49. The Balaban J connectivity index is 1.65. The van der Waals surface area contributed by atoms with Crippen molar-refractivity contribution in [1.82, 2.24) is 0 Å². The molecule has 3 fully saturated rings. The van der Waals surface area contributed by atoms with Crippen LogP contribution in [-0.4, -0.2) is 40.4 Å². The number of hydrogen-bond donors (Lipinski definition) is 2. The van der Waals surface area contributed by atoms with Gasteiger partial charge in [0.2, 0.25) is 0 Å². The van der Waals surface area contributed by atoms with Gasteiger partial charge in [-0.3, -0.25) is 4.79 Å². The van der Waals surface area contributed by atoms with Gasteiger partial charge < -0.3 is 14.9 Å². The van der Waals surface area contributed by atoms with E-state index in [1.54, 1.807) is 0 Å². The third kappa shape index (κ3) is 2.42. The Hall–Kier alpha value is -0.970. The fraction of sp³-hybridized carbons (Fsp3) is 0.773. The number of hydrogen-bond acceptors (Lipinski definition) is 4. The minimum atomic E-state index is -0.905. The van der Waals surface area contributed by atoms with Crippen LogP contribution in [0.2, 0.25) is 0 Å². The summed E-state index contributed by atoms with van der Waals surface area (Å²) in [5.74, 6) is 0.775. The molecule has 4 heteroatoms. The van der Waals surface area contributed by atoms with Crippen LogP contribution in [0.25, 0.3) is 0 Å². The molecule has 1 unspecified atom stereocenters. The number of allylic oxidation sites excluding steroid dienone is 1. The molecule has 2 N–H and O–H groups in total. The van der Waals surface area contributed by atoms with Crippen LogP contribution in [0.4, 0.5) is 0 Å². The SMILES string of the molecule is C=C1CC[C@H]2C(C)(C)CCC[C@]2(C)[C@H]1C[C@]12O[C@H]1C(O)C(CO)=CC2=O. The van der Waals surface area contributed by atoms with E-state index >= 15 is 0 Å². The summed E-state index contributed by atoms with van der Waals surface area (Å²) in [6, 6.07) is 0. The Morgan fingerprint density at radius 2 is 2.04 bits per heavy atom. The summed E-state index contributed by atoms with van der Waals surface area (Å²) in [6.45, 7) is 11.3. The number of rotatable bonds is 3. The number of ketones is 1. The molecule has 2 saturated carbocycles. The highest BCUT2D eigenvalue weighted by Gasteiger charge is 2.69. The van der Waals surface area contributed by atoms with Crippen molar-refractivity contribution in [3.63, 3.8) is 0 Å². The van der Waals surface area contributed by atoms with Gasteiger partial charge in [0, 0.05) is 0 Å². The Kier molecular flexibility index (Phi) is 4.08. The smallest absolute Gasteiger partial charge is 0.190 e. The van der Waals surface area contributed by atoms with Crippen molar-refractivity contribution in [2.24, 2.45) is 22.7 Å². The summed E-state index contributed by atoms with van der Waals surface area (Å²) in [5, 5.41) is 19.8. The summed E-state index contributed by atoms with van der Waals surface area (Å²) >= 11 is 0. The Morgan fingerprint density at radius 3 is 2.73 bits per heavy atom. The molecule has 0 bridgehead atoms. The third-order valence-electron chi connectivity index (χ3n) is 8.15. The minimum absolute atomic E-state index is 0.0922. The Labute approximate surface area is 156 Å². The maximum atomic E-state index is 12.8. The lowest BCUT2D eigenvalue weighted by molar-refractivity contribution is -0.122. The van der Waals surface area contributed by atoms with E-state index in [0.717, 1.165) is 6.42 Å². The Morgan fingerprint density at radius 1 is 1.31 bits per heavy atom. The molecule has 6 atom stereocenters. The van der Waals surface area contributed by atoms with E-state index in [2.05, 4.69) is 27.4 Å². The number of carbonyl (C=O) groups is 1. The Bertz CT molecular complexity index is 678. The number of carbonyl (C=O) groups excluding carboxylic acids is 1. The zero-order valence-electron chi connectivity index (χ0n) is 16.3. The van der Waals surface area contributed by atoms with Gasteiger partial charge in [-0.25, -0.2) is 0 Å². The van der Waals surface area contributed by atoms with Gasteiger partial charge in [-0.15, -0.1) is 0 Å². The van der Waals surface area contributed by atoms with Gasteiger partial charge in [0.25, 0.3) is 0 Å². The van der Waals surface area contributed by atoms with Crippen molar-refractivity contribution >= 4 is 5.78 Å². The fourth-order valence-electron chi connectivity index (χ4n) is 6.64. The highest BCUT2D eigenvalue weighted by Crippen LogP contribution is 2.64. The second-order valence-electron chi connectivity index (χ2n) is 9.97. The molecular formula is C22H32O4. The van der Waals surface area contributed by atoms with Crippen LogP contribution in [0.15, 0.2) is 23.8 Å². The molecule has 0 amide bonds. The first kappa shape index (κ1) is 18.4. The average Bonchev–Trinajstić information content (AvgIpc) is 3.30. The molecule has 26 heavy (non-hydrogen) atoms. The van der Waals surface area contributed by atoms with E-state index in [9.17, 15) is 15.0 Å². The van der Waals surface area contributed by atoms with Gasteiger partial charge in [0.1, 0.15) is 12.2 Å². The van der Waals surface area contributed by atoms with Crippen molar-refractivity contribution in [3.05, 3.63) is 23.8 Å². The van der Waals surface area contributed by atoms with Gasteiger partial charge in [-0.2, -0.15) is 0 Å². The second kappa shape index (κ2) is 5.76. The van der Waals surface area contributed by atoms with Crippen molar-refractivity contribution in [3.8, 4) is 0 Å². The third-order valence-corrected chi connectivity index (χ3v) is 8.15. The van der Waals surface area contributed by atoms with Gasteiger partial charge in [0.05, 0.1) is 6.61 Å². The lowest BCUT2D eigenvalue weighted by Gasteiger charge is -2.58. The lowest BCUT2D eigenvalue weighted by atomic mass is 9.46. The van der Waals surface area contributed by atoms with Crippen LogP contribution in [0, 0.1) is 22.7 Å². The van der Waals surface area contributed by atoms with Crippen LogP contribution in [0.5, 0.6) is 0 Å². The zero-order chi connectivity index (χ0) is 18.9. The lowest BCUT2D eigenvalue weighted by Crippen LogP contribution is -2.51. The molecule has 4 aliphatic rings. The molecule has 1 heterocycles.